The van der Waals surface area contributed by atoms with Gasteiger partial charge in [0.25, 0.3) is 0 Å². The third-order valence-corrected chi connectivity index (χ3v) is 4.48. The second kappa shape index (κ2) is 14.9. The van der Waals surface area contributed by atoms with E-state index >= 15 is 0 Å². The van der Waals surface area contributed by atoms with Crippen LogP contribution in [0.25, 0.3) is 0 Å². The Labute approximate surface area is 186 Å². The second-order valence-electron chi connectivity index (χ2n) is 7.61. The highest BCUT2D eigenvalue weighted by atomic mass is 16.4. The van der Waals surface area contributed by atoms with Gasteiger partial charge in [-0.3, -0.25) is 28.8 Å². The van der Waals surface area contributed by atoms with E-state index in [0.29, 0.717) is 0 Å². The molecular weight excluding hydrogens is 426 g/mol. The van der Waals surface area contributed by atoms with Crippen LogP contribution in [0.4, 0.5) is 0 Å². The summed E-state index contributed by atoms with van der Waals surface area (Å²) in [4.78, 5) is 70.2. The number of carbonyl (C=O) groups excluding carboxylic acids is 3. The minimum absolute atomic E-state index is 0.0479. The van der Waals surface area contributed by atoms with Crippen LogP contribution in [0.2, 0.25) is 0 Å². The molecular formula is C20H33N3O9. The van der Waals surface area contributed by atoms with Crippen LogP contribution in [0.3, 0.4) is 0 Å². The minimum atomic E-state index is -1.31. The molecule has 0 fully saturated rings. The molecule has 0 bridgehead atoms. The van der Waals surface area contributed by atoms with Gasteiger partial charge in [-0.15, -0.1) is 0 Å². The zero-order valence-corrected chi connectivity index (χ0v) is 18.6. The lowest BCUT2D eigenvalue weighted by molar-refractivity contribution is -0.140. The molecule has 0 aliphatic carbocycles. The Morgan fingerprint density at radius 2 is 1.03 bits per heavy atom. The highest BCUT2D eigenvalue weighted by Gasteiger charge is 2.29. The molecule has 6 N–H and O–H groups in total. The molecule has 3 atom stereocenters. The van der Waals surface area contributed by atoms with E-state index < -0.39 is 60.1 Å². The topological polar surface area (TPSA) is 199 Å². The Hall–Kier alpha value is -3.02. The molecule has 3 unspecified atom stereocenters. The lowest BCUT2D eigenvalue weighted by Crippen LogP contribution is -2.56. The average Bonchev–Trinajstić information content (AvgIpc) is 2.69. The van der Waals surface area contributed by atoms with Gasteiger partial charge in [0.05, 0.1) is 12.1 Å². The molecule has 0 rings (SSSR count). The fourth-order valence-corrected chi connectivity index (χ4v) is 2.87. The lowest BCUT2D eigenvalue weighted by atomic mass is 10.0. The van der Waals surface area contributed by atoms with Gasteiger partial charge in [-0.2, -0.15) is 0 Å². The van der Waals surface area contributed by atoms with Crippen molar-refractivity contribution in [2.75, 3.05) is 0 Å². The van der Waals surface area contributed by atoms with Gasteiger partial charge in [-0.1, -0.05) is 20.8 Å². The molecule has 0 aliphatic heterocycles. The molecule has 0 aliphatic rings. The van der Waals surface area contributed by atoms with E-state index in [9.17, 15) is 28.8 Å². The fourth-order valence-electron chi connectivity index (χ4n) is 2.87. The van der Waals surface area contributed by atoms with E-state index in [0.717, 1.165) is 0 Å². The standard InChI is InChI=1S/C20H33N3O9/c1-4-15(24)12(5-8-16(25)26)22-20(32)14(7-10-18(29)30)23-19(31)13(21-11(2)3)6-9-17(27)28/h11-14,21H,4-10H2,1-3H3,(H,22,32)(H,23,31)(H,25,26)(H,27,28)(H,29,30). The van der Waals surface area contributed by atoms with Crippen molar-refractivity contribution in [1.82, 2.24) is 16.0 Å². The van der Waals surface area contributed by atoms with E-state index in [-0.39, 0.29) is 44.6 Å². The third-order valence-electron chi connectivity index (χ3n) is 4.48. The average molecular weight is 459 g/mol. The van der Waals surface area contributed by atoms with E-state index in [1.165, 1.54) is 0 Å². The van der Waals surface area contributed by atoms with Crippen LogP contribution in [0.5, 0.6) is 0 Å². The molecule has 32 heavy (non-hydrogen) atoms. The van der Waals surface area contributed by atoms with Crippen molar-refractivity contribution in [2.45, 2.75) is 89.9 Å². The Kier molecular flexibility index (Phi) is 13.5. The van der Waals surface area contributed by atoms with Gasteiger partial charge in [-0.25, -0.2) is 0 Å². The third kappa shape index (κ3) is 12.6. The van der Waals surface area contributed by atoms with E-state index in [4.69, 9.17) is 15.3 Å². The summed E-state index contributed by atoms with van der Waals surface area (Å²) in [5.74, 6) is -5.36. The van der Waals surface area contributed by atoms with Crippen molar-refractivity contribution in [3.8, 4) is 0 Å². The van der Waals surface area contributed by atoms with Crippen LogP contribution in [0.1, 0.15) is 65.7 Å². The first-order valence-electron chi connectivity index (χ1n) is 10.4. The van der Waals surface area contributed by atoms with Gasteiger partial charge in [0.2, 0.25) is 11.8 Å². The Balaban J connectivity index is 5.47. The Bertz CT molecular complexity index is 694. The zero-order chi connectivity index (χ0) is 24.8. The number of carboxylic acids is 3. The molecule has 0 radical (unpaired) electrons. The van der Waals surface area contributed by atoms with Crippen LogP contribution in [-0.2, 0) is 28.8 Å². The summed E-state index contributed by atoms with van der Waals surface area (Å²) in [6.07, 6.45) is -1.54. The number of carbonyl (C=O) groups is 6. The number of carboxylic acid groups (broad SMARTS) is 3. The molecule has 2 amide bonds. The smallest absolute Gasteiger partial charge is 0.303 e. The molecule has 0 aromatic rings. The SMILES string of the molecule is CCC(=O)C(CCC(=O)O)NC(=O)C(CCC(=O)O)NC(=O)C(CCC(=O)O)NC(C)C. The molecule has 0 heterocycles. The quantitative estimate of drug-likeness (QED) is 0.171. The number of amides is 2. The number of hydrogen-bond donors (Lipinski definition) is 6. The summed E-state index contributed by atoms with van der Waals surface area (Å²) in [5, 5.41) is 34.5. The number of aliphatic carboxylic acids is 3. The Morgan fingerprint density at radius 3 is 1.44 bits per heavy atom. The lowest BCUT2D eigenvalue weighted by Gasteiger charge is -2.25. The first kappa shape index (κ1) is 29.0. The summed E-state index contributed by atoms with van der Waals surface area (Å²) >= 11 is 0. The predicted octanol–water partition coefficient (Wildman–Crippen LogP) is -0.104. The maximum absolute atomic E-state index is 12.7. The number of nitrogens with one attached hydrogen (secondary N) is 3. The summed E-state index contributed by atoms with van der Waals surface area (Å²) in [6, 6.07) is -3.51. The Morgan fingerprint density at radius 1 is 0.656 bits per heavy atom. The first-order chi connectivity index (χ1) is 14.9. The number of ketones is 1. The summed E-state index contributed by atoms with van der Waals surface area (Å²) in [6.45, 7) is 5.05. The summed E-state index contributed by atoms with van der Waals surface area (Å²) in [7, 11) is 0. The second-order valence-corrected chi connectivity index (χ2v) is 7.61. The molecule has 182 valence electrons. The highest BCUT2D eigenvalue weighted by molar-refractivity contribution is 5.94. The van der Waals surface area contributed by atoms with Gasteiger partial charge in [0, 0.05) is 31.7 Å². The van der Waals surface area contributed by atoms with Crippen LogP contribution in [0.15, 0.2) is 0 Å². The van der Waals surface area contributed by atoms with Gasteiger partial charge < -0.3 is 31.3 Å². The number of Topliss-reactive ketones (excluding diaryl/α,β-unsaturated/α-hetero) is 1. The normalized spacial score (nSPS) is 13.6. The zero-order valence-electron chi connectivity index (χ0n) is 18.6. The van der Waals surface area contributed by atoms with E-state index in [1.54, 1.807) is 20.8 Å². The highest BCUT2D eigenvalue weighted by Crippen LogP contribution is 2.07. The minimum Gasteiger partial charge on any atom is -0.481 e. The van der Waals surface area contributed by atoms with Crippen LogP contribution >= 0.6 is 0 Å². The molecule has 0 aromatic carbocycles. The van der Waals surface area contributed by atoms with Gasteiger partial charge in [0.15, 0.2) is 5.78 Å². The van der Waals surface area contributed by atoms with Crippen molar-refractivity contribution in [2.24, 2.45) is 0 Å². The maximum Gasteiger partial charge on any atom is 0.303 e. The summed E-state index contributed by atoms with van der Waals surface area (Å²) in [5.41, 5.74) is 0. The van der Waals surface area contributed by atoms with E-state index in [1.807, 2.05) is 0 Å². The van der Waals surface area contributed by atoms with Crippen molar-refractivity contribution in [1.29, 1.82) is 0 Å². The molecule has 12 heteroatoms. The van der Waals surface area contributed by atoms with Gasteiger partial charge >= 0.3 is 17.9 Å². The van der Waals surface area contributed by atoms with Crippen molar-refractivity contribution in [3.63, 3.8) is 0 Å². The molecule has 0 saturated carbocycles. The van der Waals surface area contributed by atoms with Crippen molar-refractivity contribution >= 4 is 35.5 Å². The van der Waals surface area contributed by atoms with Crippen LogP contribution < -0.4 is 16.0 Å². The van der Waals surface area contributed by atoms with Crippen molar-refractivity contribution < 1.29 is 44.1 Å². The van der Waals surface area contributed by atoms with Gasteiger partial charge in [-0.05, 0) is 19.3 Å². The predicted molar refractivity (Wildman–Crippen MR) is 112 cm³/mol. The fraction of sp³-hybridized carbons (Fsp3) is 0.700. The van der Waals surface area contributed by atoms with Crippen LogP contribution in [0, 0.1) is 0 Å². The molecule has 0 spiro atoms. The number of hydrogen-bond acceptors (Lipinski definition) is 7. The van der Waals surface area contributed by atoms with Gasteiger partial charge in [0.1, 0.15) is 6.04 Å². The first-order valence-corrected chi connectivity index (χ1v) is 10.4. The monoisotopic (exact) mass is 459 g/mol. The largest absolute Gasteiger partial charge is 0.481 e. The molecule has 0 aromatic heterocycles. The van der Waals surface area contributed by atoms with Crippen LogP contribution in [-0.4, -0.2) is 75.0 Å². The maximum atomic E-state index is 12.7. The molecule has 0 saturated heterocycles. The van der Waals surface area contributed by atoms with Crippen molar-refractivity contribution in [3.05, 3.63) is 0 Å². The molecule has 12 nitrogen and oxygen atoms in total. The summed E-state index contributed by atoms with van der Waals surface area (Å²) < 4.78 is 0. The number of rotatable bonds is 17. The van der Waals surface area contributed by atoms with E-state index in [2.05, 4.69) is 16.0 Å².